The van der Waals surface area contributed by atoms with Gasteiger partial charge in [-0.15, -0.1) is 0 Å². The van der Waals surface area contributed by atoms with Gasteiger partial charge in [-0.3, -0.25) is 4.55 Å². The van der Waals surface area contributed by atoms with Crippen LogP contribution in [0.3, 0.4) is 0 Å². The zero-order valence-corrected chi connectivity index (χ0v) is 9.93. The normalized spacial score (nSPS) is 16.3. The van der Waals surface area contributed by atoms with Crippen LogP contribution < -0.4 is 0 Å². The standard InChI is InChI=1S/C4HF9O5S2/c5-1(6,3(9,10)19(13,14)15)2(7,8)4(11,12)20(16,17)18/h(H,16,17,18). The van der Waals surface area contributed by atoms with E-state index in [1.165, 1.54) is 0 Å². The lowest BCUT2D eigenvalue weighted by molar-refractivity contribution is -0.327. The molecule has 0 fully saturated rings. The van der Waals surface area contributed by atoms with Gasteiger partial charge in [0.15, 0.2) is 0 Å². The summed E-state index contributed by atoms with van der Waals surface area (Å²) < 4.78 is 158. The first kappa shape index (κ1) is 19.2. The second-order valence-electron chi connectivity index (χ2n) is 3.10. The summed E-state index contributed by atoms with van der Waals surface area (Å²) in [6.45, 7) is 0. The van der Waals surface area contributed by atoms with E-state index in [2.05, 4.69) is 0 Å². The molecule has 0 aliphatic heterocycles. The molecular weight excluding hydrogens is 363 g/mol. The molecule has 0 aromatic heterocycles. The number of halogens is 9. The summed E-state index contributed by atoms with van der Waals surface area (Å²) >= 11 is 0. The van der Waals surface area contributed by atoms with E-state index in [0.717, 1.165) is 0 Å². The molecule has 0 unspecified atom stereocenters. The molecule has 0 aliphatic rings. The molecule has 122 valence electrons. The third kappa shape index (κ3) is 2.32. The molecule has 5 nitrogen and oxygen atoms in total. The monoisotopic (exact) mass is 364 g/mol. The minimum atomic E-state index is -7.82. The Morgan fingerprint density at radius 1 is 0.650 bits per heavy atom. The van der Waals surface area contributed by atoms with E-state index in [9.17, 15) is 55.8 Å². The number of rotatable bonds is 5. The van der Waals surface area contributed by atoms with Gasteiger partial charge >= 0.3 is 42.7 Å². The van der Waals surface area contributed by atoms with Crippen LogP contribution in [0.2, 0.25) is 0 Å². The zero-order valence-electron chi connectivity index (χ0n) is 8.30. The smallest absolute Gasteiger partial charge is 0.281 e. The van der Waals surface area contributed by atoms with Crippen molar-refractivity contribution in [2.24, 2.45) is 0 Å². The molecule has 20 heavy (non-hydrogen) atoms. The van der Waals surface area contributed by atoms with Gasteiger partial charge in [0.05, 0.1) is 0 Å². The molecule has 16 heteroatoms. The summed E-state index contributed by atoms with van der Waals surface area (Å²) in [6.07, 6.45) is 0. The highest BCUT2D eigenvalue weighted by Crippen LogP contribution is 2.55. The van der Waals surface area contributed by atoms with Gasteiger partial charge in [-0.1, -0.05) is 3.89 Å². The lowest BCUT2D eigenvalue weighted by Gasteiger charge is -2.33. The Hall–Kier alpha value is -0.770. The van der Waals surface area contributed by atoms with E-state index >= 15 is 0 Å². The van der Waals surface area contributed by atoms with Crippen molar-refractivity contribution in [2.45, 2.75) is 22.4 Å². The van der Waals surface area contributed by atoms with Gasteiger partial charge in [0.2, 0.25) is 0 Å². The molecule has 0 bridgehead atoms. The first-order chi connectivity index (χ1) is 8.25. The Kier molecular flexibility index (Phi) is 4.19. The van der Waals surface area contributed by atoms with Gasteiger partial charge in [-0.2, -0.15) is 52.0 Å². The van der Waals surface area contributed by atoms with Crippen molar-refractivity contribution in [1.29, 1.82) is 0 Å². The van der Waals surface area contributed by atoms with Crippen LogP contribution in [0.25, 0.3) is 0 Å². The Bertz CT molecular complexity index is 536. The summed E-state index contributed by atoms with van der Waals surface area (Å²) in [7, 11) is -15.2. The molecule has 0 rings (SSSR count). The van der Waals surface area contributed by atoms with Gasteiger partial charge < -0.3 is 0 Å². The Morgan fingerprint density at radius 2 is 0.900 bits per heavy atom. The topological polar surface area (TPSA) is 88.5 Å². The Labute approximate surface area is 104 Å². The molecule has 1 N–H and O–H groups in total. The van der Waals surface area contributed by atoms with Gasteiger partial charge in [0, 0.05) is 0 Å². The van der Waals surface area contributed by atoms with E-state index in [1.54, 1.807) is 0 Å². The molecule has 0 aromatic carbocycles. The quantitative estimate of drug-likeness (QED) is 0.455. The van der Waals surface area contributed by atoms with Gasteiger partial charge in [0.25, 0.3) is 0 Å². The number of hydrogen-bond donors (Lipinski definition) is 1. The van der Waals surface area contributed by atoms with Gasteiger partial charge in [-0.05, 0) is 0 Å². The second kappa shape index (κ2) is 4.36. The maximum atomic E-state index is 12.6. The summed E-state index contributed by atoms with van der Waals surface area (Å²) in [5, 5.41) is -14.6. The highest BCUT2D eigenvalue weighted by molar-refractivity contribution is 7.87. The molecular formula is C4HF9O5S2. The van der Waals surface area contributed by atoms with Crippen molar-refractivity contribution >= 4 is 20.3 Å². The highest BCUT2D eigenvalue weighted by Gasteiger charge is 2.87. The molecule has 0 atom stereocenters. The molecule has 0 saturated heterocycles. The maximum absolute atomic E-state index is 12.6. The van der Waals surface area contributed by atoms with Crippen LogP contribution in [-0.4, -0.2) is 43.7 Å². The second-order valence-corrected chi connectivity index (χ2v) is 5.95. The molecule has 0 aromatic rings. The first-order valence-corrected chi connectivity index (χ1v) is 6.50. The van der Waals surface area contributed by atoms with Crippen molar-refractivity contribution in [1.82, 2.24) is 0 Å². The third-order valence-electron chi connectivity index (χ3n) is 1.76. The summed E-state index contributed by atoms with van der Waals surface area (Å²) in [6, 6.07) is 0. The minimum Gasteiger partial charge on any atom is -0.281 e. The van der Waals surface area contributed by atoms with Crippen molar-refractivity contribution in [3.63, 3.8) is 0 Å². The van der Waals surface area contributed by atoms with Crippen LogP contribution in [0.1, 0.15) is 0 Å². The zero-order chi connectivity index (χ0) is 17.0. The molecule has 0 saturated carbocycles. The maximum Gasteiger partial charge on any atom is 0.442 e. The minimum absolute atomic E-state index is 7.22. The van der Waals surface area contributed by atoms with E-state index in [-0.39, 0.29) is 0 Å². The summed E-state index contributed by atoms with van der Waals surface area (Å²) in [5.41, 5.74) is 0. The molecule has 0 spiro atoms. The SMILES string of the molecule is O=S(=O)(O)C(F)(F)C(F)(F)C(F)(F)C(F)(F)S(=O)(=O)F. The summed E-state index contributed by atoms with van der Waals surface area (Å²) in [5.74, 6) is -15.4. The van der Waals surface area contributed by atoms with E-state index in [1.807, 2.05) is 0 Å². The predicted molar refractivity (Wildman–Crippen MR) is 41.4 cm³/mol. The highest BCUT2D eigenvalue weighted by atomic mass is 32.3. The lowest BCUT2D eigenvalue weighted by atomic mass is 10.2. The fourth-order valence-electron chi connectivity index (χ4n) is 0.681. The van der Waals surface area contributed by atoms with E-state index in [4.69, 9.17) is 4.55 Å². The Morgan fingerprint density at radius 3 is 1.10 bits per heavy atom. The lowest BCUT2D eigenvalue weighted by Crippen LogP contribution is -2.65. The van der Waals surface area contributed by atoms with Crippen molar-refractivity contribution in [3.8, 4) is 0 Å². The van der Waals surface area contributed by atoms with Crippen LogP contribution >= 0.6 is 0 Å². The van der Waals surface area contributed by atoms with Crippen LogP contribution in [-0.2, 0) is 20.3 Å². The average Bonchev–Trinajstić information content (AvgIpc) is 2.12. The average molecular weight is 364 g/mol. The van der Waals surface area contributed by atoms with Crippen LogP contribution in [0.15, 0.2) is 0 Å². The fourth-order valence-corrected chi connectivity index (χ4v) is 1.57. The van der Waals surface area contributed by atoms with Gasteiger partial charge in [0.1, 0.15) is 0 Å². The molecule has 0 heterocycles. The van der Waals surface area contributed by atoms with Crippen molar-refractivity contribution in [2.75, 3.05) is 0 Å². The number of hydrogen-bond acceptors (Lipinski definition) is 4. The number of alkyl halides is 8. The largest absolute Gasteiger partial charge is 0.442 e. The Balaban J connectivity index is 6.37. The van der Waals surface area contributed by atoms with Crippen LogP contribution in [0.4, 0.5) is 39.0 Å². The summed E-state index contributed by atoms with van der Waals surface area (Å²) in [4.78, 5) is 0. The van der Waals surface area contributed by atoms with Gasteiger partial charge in [-0.25, -0.2) is 0 Å². The fraction of sp³-hybridized carbons (Fsp3) is 1.00. The molecule has 0 amide bonds. The van der Waals surface area contributed by atoms with E-state index < -0.39 is 42.7 Å². The van der Waals surface area contributed by atoms with E-state index in [0.29, 0.717) is 0 Å². The molecule has 0 radical (unpaired) electrons. The van der Waals surface area contributed by atoms with Crippen molar-refractivity contribution in [3.05, 3.63) is 0 Å². The predicted octanol–water partition coefficient (Wildman–Crippen LogP) is 1.63. The van der Waals surface area contributed by atoms with Crippen LogP contribution in [0.5, 0.6) is 0 Å². The first-order valence-electron chi connectivity index (χ1n) is 3.67. The third-order valence-corrected chi connectivity index (χ3v) is 3.53. The van der Waals surface area contributed by atoms with Crippen LogP contribution in [0, 0.1) is 0 Å². The molecule has 0 aliphatic carbocycles. The van der Waals surface area contributed by atoms with Crippen molar-refractivity contribution < 1.29 is 60.4 Å².